The Morgan fingerprint density at radius 3 is 3.06 bits per heavy atom. The molecule has 3 rings (SSSR count). The highest BCUT2D eigenvalue weighted by atomic mass is 19.1. The smallest absolute Gasteiger partial charge is 0.123 e. The van der Waals surface area contributed by atoms with Gasteiger partial charge in [0.05, 0.1) is 17.8 Å². The van der Waals surface area contributed by atoms with Gasteiger partial charge in [0.15, 0.2) is 0 Å². The van der Waals surface area contributed by atoms with E-state index < -0.39 is 0 Å². The summed E-state index contributed by atoms with van der Waals surface area (Å²) in [6, 6.07) is 5.23. The van der Waals surface area contributed by atoms with Crippen LogP contribution in [0.25, 0.3) is 0 Å². The molecule has 0 unspecified atom stereocenters. The molecule has 17 heavy (non-hydrogen) atoms. The minimum atomic E-state index is -0.162. The molecule has 3 heteroatoms. The molecule has 2 aliphatic heterocycles. The van der Waals surface area contributed by atoms with Gasteiger partial charge in [-0.3, -0.25) is 4.84 Å². The summed E-state index contributed by atoms with van der Waals surface area (Å²) < 4.78 is 13.2. The molecule has 0 aromatic heterocycles. The summed E-state index contributed by atoms with van der Waals surface area (Å²) in [5, 5.41) is 1.94. The van der Waals surface area contributed by atoms with Crippen LogP contribution in [0, 0.1) is 5.82 Å². The summed E-state index contributed by atoms with van der Waals surface area (Å²) in [5.41, 5.74) is 3.36. The summed E-state index contributed by atoms with van der Waals surface area (Å²) in [5.74, 6) is -0.162. The second kappa shape index (κ2) is 3.84. The van der Waals surface area contributed by atoms with E-state index in [0.717, 1.165) is 24.1 Å². The second-order valence-electron chi connectivity index (χ2n) is 5.08. The highest BCUT2D eigenvalue weighted by molar-refractivity contribution is 5.56. The number of hydroxylamine groups is 1. The van der Waals surface area contributed by atoms with E-state index in [1.54, 1.807) is 6.07 Å². The lowest BCUT2D eigenvalue weighted by Gasteiger charge is -2.29. The normalized spacial score (nSPS) is 25.7. The maximum atomic E-state index is 13.2. The molecule has 0 saturated carbocycles. The Bertz CT molecular complexity index is 479. The molecule has 0 radical (unpaired) electrons. The average molecular weight is 233 g/mol. The van der Waals surface area contributed by atoms with Crippen molar-refractivity contribution in [2.75, 3.05) is 5.06 Å². The molecular formula is C14H16FNO. The van der Waals surface area contributed by atoms with Gasteiger partial charge in [0, 0.05) is 12.8 Å². The molecule has 1 aromatic carbocycles. The first kappa shape index (κ1) is 10.8. The zero-order valence-electron chi connectivity index (χ0n) is 10.1. The van der Waals surface area contributed by atoms with Crippen molar-refractivity contribution in [2.45, 2.75) is 38.8 Å². The standard InChI is InChI=1S/C14H16FNO/c1-9(2)5-12-8-13-7-10-6-11(15)3-4-14(10)16(12)17-13/h3-6,12-13H,7-8H2,1-2H3/t12-,13+/m0/s1. The van der Waals surface area contributed by atoms with Gasteiger partial charge in [-0.1, -0.05) is 11.6 Å². The Morgan fingerprint density at radius 1 is 1.47 bits per heavy atom. The van der Waals surface area contributed by atoms with E-state index >= 15 is 0 Å². The molecular weight excluding hydrogens is 217 g/mol. The summed E-state index contributed by atoms with van der Waals surface area (Å²) >= 11 is 0. The Morgan fingerprint density at radius 2 is 2.29 bits per heavy atom. The molecule has 1 saturated heterocycles. The maximum Gasteiger partial charge on any atom is 0.123 e. The lowest BCUT2D eigenvalue weighted by molar-refractivity contribution is 0.0751. The van der Waals surface area contributed by atoms with Gasteiger partial charge in [0.25, 0.3) is 0 Å². The summed E-state index contributed by atoms with van der Waals surface area (Å²) in [6.45, 7) is 4.18. The number of halogens is 1. The highest BCUT2D eigenvalue weighted by Gasteiger charge is 2.38. The zero-order chi connectivity index (χ0) is 12.0. The van der Waals surface area contributed by atoms with Crippen LogP contribution in [0.5, 0.6) is 0 Å². The molecule has 2 bridgehead atoms. The molecule has 0 N–H and O–H groups in total. The van der Waals surface area contributed by atoms with E-state index in [0.29, 0.717) is 0 Å². The highest BCUT2D eigenvalue weighted by Crippen LogP contribution is 2.38. The molecule has 0 spiro atoms. The third-order valence-corrected chi connectivity index (χ3v) is 3.32. The predicted molar refractivity (Wildman–Crippen MR) is 65.3 cm³/mol. The van der Waals surface area contributed by atoms with E-state index in [9.17, 15) is 4.39 Å². The monoisotopic (exact) mass is 233 g/mol. The molecule has 2 heterocycles. The van der Waals surface area contributed by atoms with Crippen molar-refractivity contribution in [1.29, 1.82) is 0 Å². The van der Waals surface area contributed by atoms with Crippen LogP contribution < -0.4 is 5.06 Å². The largest absolute Gasteiger partial charge is 0.269 e. The van der Waals surface area contributed by atoms with Gasteiger partial charge in [0.1, 0.15) is 5.82 Å². The number of anilines is 1. The average Bonchev–Trinajstić information content (AvgIpc) is 2.55. The fourth-order valence-electron chi connectivity index (χ4n) is 2.70. The topological polar surface area (TPSA) is 12.5 Å². The molecule has 2 atom stereocenters. The number of rotatable bonds is 1. The minimum Gasteiger partial charge on any atom is -0.269 e. The first-order chi connectivity index (χ1) is 8.13. The summed E-state index contributed by atoms with van der Waals surface area (Å²) in [7, 11) is 0. The van der Waals surface area contributed by atoms with Crippen LogP contribution in [0.1, 0.15) is 25.8 Å². The molecule has 90 valence electrons. The van der Waals surface area contributed by atoms with Crippen molar-refractivity contribution in [3.05, 3.63) is 41.2 Å². The number of allylic oxidation sites excluding steroid dienone is 1. The summed E-state index contributed by atoms with van der Waals surface area (Å²) in [6.07, 6.45) is 4.22. The van der Waals surface area contributed by atoms with Gasteiger partial charge in [0.2, 0.25) is 0 Å². The Kier molecular flexibility index (Phi) is 2.44. The van der Waals surface area contributed by atoms with Gasteiger partial charge in [-0.25, -0.2) is 9.45 Å². The van der Waals surface area contributed by atoms with Crippen LogP contribution in [0.2, 0.25) is 0 Å². The maximum absolute atomic E-state index is 13.2. The quantitative estimate of drug-likeness (QED) is 0.690. The molecule has 2 aliphatic rings. The van der Waals surface area contributed by atoms with Crippen molar-refractivity contribution >= 4 is 5.69 Å². The van der Waals surface area contributed by atoms with Crippen molar-refractivity contribution in [1.82, 2.24) is 0 Å². The number of fused-ring (bicyclic) bond motifs is 4. The van der Waals surface area contributed by atoms with Crippen LogP contribution in [0.3, 0.4) is 0 Å². The van der Waals surface area contributed by atoms with Crippen LogP contribution in [0.15, 0.2) is 29.8 Å². The molecule has 0 amide bonds. The first-order valence-corrected chi connectivity index (χ1v) is 6.03. The van der Waals surface area contributed by atoms with E-state index in [-0.39, 0.29) is 18.0 Å². The predicted octanol–water partition coefficient (Wildman–Crippen LogP) is 3.23. The third kappa shape index (κ3) is 1.84. The second-order valence-corrected chi connectivity index (χ2v) is 5.08. The number of nitrogens with zero attached hydrogens (tertiary/aromatic N) is 1. The van der Waals surface area contributed by atoms with E-state index in [1.165, 1.54) is 11.6 Å². The van der Waals surface area contributed by atoms with Gasteiger partial charge < -0.3 is 0 Å². The molecule has 0 aliphatic carbocycles. The number of hydrogen-bond acceptors (Lipinski definition) is 2. The van der Waals surface area contributed by atoms with E-state index in [4.69, 9.17) is 4.84 Å². The zero-order valence-corrected chi connectivity index (χ0v) is 10.1. The van der Waals surface area contributed by atoms with Crippen molar-refractivity contribution in [2.24, 2.45) is 0 Å². The Balaban J connectivity index is 2.00. The summed E-state index contributed by atoms with van der Waals surface area (Å²) in [4.78, 5) is 5.84. The van der Waals surface area contributed by atoms with Crippen molar-refractivity contribution < 1.29 is 9.23 Å². The van der Waals surface area contributed by atoms with E-state index in [1.807, 2.05) is 11.1 Å². The van der Waals surface area contributed by atoms with Crippen molar-refractivity contribution in [3.8, 4) is 0 Å². The Hall–Kier alpha value is -1.35. The molecule has 1 fully saturated rings. The SMILES string of the molecule is CC(C)=C[C@H]1C[C@H]2Cc3cc(F)ccc3N1O2. The number of benzene rings is 1. The van der Waals surface area contributed by atoms with Gasteiger partial charge in [-0.2, -0.15) is 0 Å². The molecule has 2 nitrogen and oxygen atoms in total. The minimum absolute atomic E-state index is 0.162. The van der Waals surface area contributed by atoms with Crippen LogP contribution in [-0.4, -0.2) is 12.1 Å². The van der Waals surface area contributed by atoms with Crippen LogP contribution in [0.4, 0.5) is 10.1 Å². The van der Waals surface area contributed by atoms with Crippen LogP contribution >= 0.6 is 0 Å². The number of hydrogen-bond donors (Lipinski definition) is 0. The van der Waals surface area contributed by atoms with Gasteiger partial charge in [-0.05, 0) is 37.6 Å². The fourth-order valence-corrected chi connectivity index (χ4v) is 2.70. The lowest BCUT2D eigenvalue weighted by atomic mass is 10.0. The molecule has 1 aromatic rings. The fraction of sp³-hybridized carbons (Fsp3) is 0.429. The third-order valence-electron chi connectivity index (χ3n) is 3.32. The Labute approximate surface area is 101 Å². The van der Waals surface area contributed by atoms with Gasteiger partial charge >= 0.3 is 0 Å². The van der Waals surface area contributed by atoms with Gasteiger partial charge in [-0.15, -0.1) is 0 Å². The van der Waals surface area contributed by atoms with Crippen LogP contribution in [-0.2, 0) is 11.3 Å². The first-order valence-electron chi connectivity index (χ1n) is 6.03. The lowest BCUT2D eigenvalue weighted by Crippen LogP contribution is -2.30. The van der Waals surface area contributed by atoms with Crippen molar-refractivity contribution in [3.63, 3.8) is 0 Å². The van der Waals surface area contributed by atoms with E-state index in [2.05, 4.69) is 19.9 Å².